The second-order valence-electron chi connectivity index (χ2n) is 2.46. The molecule has 6 heteroatoms. The van der Waals surface area contributed by atoms with Crippen LogP contribution in [0.1, 0.15) is 5.56 Å². The zero-order chi connectivity index (χ0) is 10.1. The van der Waals surface area contributed by atoms with Crippen molar-refractivity contribution in [2.75, 3.05) is 0 Å². The molecule has 0 aliphatic heterocycles. The van der Waals surface area contributed by atoms with Gasteiger partial charge in [-0.05, 0) is 17.7 Å². The first-order chi connectivity index (χ1) is 5.88. The normalized spacial score (nSPS) is 11.6. The monoisotopic (exact) mass is 224 g/mol. The van der Waals surface area contributed by atoms with Crippen LogP contribution in [0.25, 0.3) is 0 Å². The van der Waals surface area contributed by atoms with Crippen LogP contribution in [0.15, 0.2) is 18.2 Å². The van der Waals surface area contributed by atoms with Gasteiger partial charge in [-0.25, -0.2) is 4.39 Å². The summed E-state index contributed by atoms with van der Waals surface area (Å²) in [5.74, 6) is -1.16. The average Bonchev–Trinajstić information content (AvgIpc) is 1.93. The standard InChI is InChI=1S/C7H6ClFO3S/c8-7-3-6(9)2-1-5(7)4-13(10,11)12/h1-3H,4H2,(H,10,11,12). The van der Waals surface area contributed by atoms with Gasteiger partial charge >= 0.3 is 0 Å². The molecule has 0 radical (unpaired) electrons. The molecule has 0 aliphatic carbocycles. The molecule has 0 spiro atoms. The van der Waals surface area contributed by atoms with Crippen molar-refractivity contribution in [2.45, 2.75) is 5.75 Å². The third kappa shape index (κ3) is 3.30. The van der Waals surface area contributed by atoms with Crippen molar-refractivity contribution in [3.05, 3.63) is 34.6 Å². The number of hydrogen-bond acceptors (Lipinski definition) is 2. The lowest BCUT2D eigenvalue weighted by atomic mass is 10.2. The van der Waals surface area contributed by atoms with Crippen LogP contribution in [-0.2, 0) is 15.9 Å². The van der Waals surface area contributed by atoms with E-state index >= 15 is 0 Å². The van der Waals surface area contributed by atoms with Crippen LogP contribution in [0.2, 0.25) is 5.02 Å². The molecule has 0 aromatic heterocycles. The molecule has 1 N–H and O–H groups in total. The molecule has 0 atom stereocenters. The third-order valence-electron chi connectivity index (χ3n) is 1.35. The summed E-state index contributed by atoms with van der Waals surface area (Å²) in [4.78, 5) is 0. The van der Waals surface area contributed by atoms with Gasteiger partial charge in [-0.3, -0.25) is 4.55 Å². The van der Waals surface area contributed by atoms with E-state index in [9.17, 15) is 12.8 Å². The predicted molar refractivity (Wildman–Crippen MR) is 46.7 cm³/mol. The number of benzene rings is 1. The minimum atomic E-state index is -4.12. The topological polar surface area (TPSA) is 54.4 Å². The summed E-state index contributed by atoms with van der Waals surface area (Å²) >= 11 is 5.52. The van der Waals surface area contributed by atoms with E-state index in [1.165, 1.54) is 6.07 Å². The molecular weight excluding hydrogens is 219 g/mol. The number of hydrogen-bond donors (Lipinski definition) is 1. The van der Waals surface area contributed by atoms with E-state index < -0.39 is 21.7 Å². The molecule has 1 rings (SSSR count). The number of halogens is 2. The van der Waals surface area contributed by atoms with Gasteiger partial charge in [0.25, 0.3) is 10.1 Å². The van der Waals surface area contributed by atoms with Crippen molar-refractivity contribution in [3.63, 3.8) is 0 Å². The van der Waals surface area contributed by atoms with Crippen LogP contribution in [0, 0.1) is 5.82 Å². The van der Waals surface area contributed by atoms with Crippen LogP contribution < -0.4 is 0 Å². The van der Waals surface area contributed by atoms with E-state index in [4.69, 9.17) is 16.2 Å². The molecule has 1 aromatic rings. The summed E-state index contributed by atoms with van der Waals surface area (Å²) in [5.41, 5.74) is 0.172. The van der Waals surface area contributed by atoms with Crippen molar-refractivity contribution in [1.29, 1.82) is 0 Å². The molecule has 0 amide bonds. The zero-order valence-corrected chi connectivity index (χ0v) is 7.94. The van der Waals surface area contributed by atoms with E-state index in [-0.39, 0.29) is 10.6 Å². The highest BCUT2D eigenvalue weighted by molar-refractivity contribution is 7.85. The molecule has 1 aromatic carbocycles. The minimum Gasteiger partial charge on any atom is -0.285 e. The van der Waals surface area contributed by atoms with Crippen LogP contribution in [-0.4, -0.2) is 13.0 Å². The van der Waals surface area contributed by atoms with Gasteiger partial charge in [0.1, 0.15) is 11.6 Å². The van der Waals surface area contributed by atoms with Crippen molar-refractivity contribution < 1.29 is 17.4 Å². The predicted octanol–water partition coefficient (Wildman–Crippen LogP) is 1.87. The highest BCUT2D eigenvalue weighted by atomic mass is 35.5. The Hall–Kier alpha value is -0.650. The Balaban J connectivity index is 3.04. The minimum absolute atomic E-state index is 0.0161. The molecule has 3 nitrogen and oxygen atoms in total. The van der Waals surface area contributed by atoms with E-state index in [0.717, 1.165) is 12.1 Å². The molecule has 0 saturated heterocycles. The van der Waals surface area contributed by atoms with Gasteiger partial charge in [0.15, 0.2) is 0 Å². The molecule has 0 unspecified atom stereocenters. The Morgan fingerprint density at radius 1 is 1.46 bits per heavy atom. The first kappa shape index (κ1) is 10.4. The summed E-state index contributed by atoms with van der Waals surface area (Å²) in [6, 6.07) is 3.28. The lowest BCUT2D eigenvalue weighted by Gasteiger charge is -2.00. The van der Waals surface area contributed by atoms with Gasteiger partial charge in [0, 0.05) is 5.02 Å². The summed E-state index contributed by atoms with van der Waals surface area (Å²) < 4.78 is 41.9. The summed E-state index contributed by atoms with van der Waals surface area (Å²) in [5, 5.41) is -0.0161. The van der Waals surface area contributed by atoms with Crippen LogP contribution in [0.5, 0.6) is 0 Å². The van der Waals surface area contributed by atoms with E-state index in [0.29, 0.717) is 0 Å². The molecule has 13 heavy (non-hydrogen) atoms. The Morgan fingerprint density at radius 3 is 2.54 bits per heavy atom. The Morgan fingerprint density at radius 2 is 2.08 bits per heavy atom. The fourth-order valence-corrected chi connectivity index (χ4v) is 1.79. The molecule has 0 heterocycles. The summed E-state index contributed by atoms with van der Waals surface area (Å²) in [7, 11) is -4.12. The summed E-state index contributed by atoms with van der Waals surface area (Å²) in [6.45, 7) is 0. The van der Waals surface area contributed by atoms with E-state index in [1.54, 1.807) is 0 Å². The largest absolute Gasteiger partial charge is 0.285 e. The number of rotatable bonds is 2. The lowest BCUT2D eigenvalue weighted by Crippen LogP contribution is -2.02. The van der Waals surface area contributed by atoms with Crippen LogP contribution in [0.4, 0.5) is 4.39 Å². The van der Waals surface area contributed by atoms with Crippen molar-refractivity contribution in [3.8, 4) is 0 Å². The fourth-order valence-electron chi connectivity index (χ4n) is 0.835. The maximum atomic E-state index is 12.5. The molecule has 72 valence electrons. The second-order valence-corrected chi connectivity index (χ2v) is 4.32. The SMILES string of the molecule is O=S(=O)(O)Cc1ccc(F)cc1Cl. The highest BCUT2D eigenvalue weighted by Crippen LogP contribution is 2.18. The van der Waals surface area contributed by atoms with Gasteiger partial charge < -0.3 is 0 Å². The highest BCUT2D eigenvalue weighted by Gasteiger charge is 2.10. The lowest BCUT2D eigenvalue weighted by molar-refractivity contribution is 0.482. The zero-order valence-electron chi connectivity index (χ0n) is 6.37. The van der Waals surface area contributed by atoms with Crippen LogP contribution >= 0.6 is 11.6 Å². The van der Waals surface area contributed by atoms with Crippen molar-refractivity contribution in [2.24, 2.45) is 0 Å². The molecule has 0 saturated carbocycles. The smallest absolute Gasteiger partial charge is 0.269 e. The Kier molecular flexibility index (Phi) is 2.90. The van der Waals surface area contributed by atoms with E-state index in [2.05, 4.69) is 0 Å². The van der Waals surface area contributed by atoms with Crippen LogP contribution in [0.3, 0.4) is 0 Å². The first-order valence-corrected chi connectivity index (χ1v) is 5.26. The maximum Gasteiger partial charge on any atom is 0.269 e. The van der Waals surface area contributed by atoms with Crippen molar-refractivity contribution in [1.82, 2.24) is 0 Å². The maximum absolute atomic E-state index is 12.5. The van der Waals surface area contributed by atoms with Gasteiger partial charge in [0.05, 0.1) is 0 Å². The third-order valence-corrected chi connectivity index (χ3v) is 2.38. The molecule has 0 aliphatic rings. The summed E-state index contributed by atoms with van der Waals surface area (Å²) in [6.07, 6.45) is 0. The van der Waals surface area contributed by atoms with Crippen molar-refractivity contribution >= 4 is 21.7 Å². The second kappa shape index (κ2) is 3.61. The Labute approximate surface area is 79.9 Å². The van der Waals surface area contributed by atoms with Gasteiger partial charge in [-0.15, -0.1) is 0 Å². The van der Waals surface area contributed by atoms with Gasteiger partial charge in [0.2, 0.25) is 0 Å². The molecule has 0 fully saturated rings. The van der Waals surface area contributed by atoms with Gasteiger partial charge in [-0.2, -0.15) is 8.42 Å². The first-order valence-electron chi connectivity index (χ1n) is 3.27. The molecule has 0 bridgehead atoms. The Bertz CT molecular complexity index is 416. The molecular formula is C7H6ClFO3S. The van der Waals surface area contributed by atoms with E-state index in [1.807, 2.05) is 0 Å². The average molecular weight is 225 g/mol. The fraction of sp³-hybridized carbons (Fsp3) is 0.143. The van der Waals surface area contributed by atoms with Gasteiger partial charge in [-0.1, -0.05) is 17.7 Å². The quantitative estimate of drug-likeness (QED) is 0.781.